The molecule has 0 radical (unpaired) electrons. The van der Waals surface area contributed by atoms with Crippen LogP contribution in [0, 0.1) is 0 Å². The normalized spacial score (nSPS) is 23.6. The van der Waals surface area contributed by atoms with E-state index in [4.69, 9.17) is 0 Å². The minimum atomic E-state index is -1.11. The first kappa shape index (κ1) is 15.2. The molecule has 0 saturated carbocycles. The molecule has 1 aliphatic rings. The zero-order chi connectivity index (χ0) is 14.8. The van der Waals surface area contributed by atoms with Crippen LogP contribution in [0.15, 0.2) is 18.3 Å². The lowest BCUT2D eigenvalue weighted by Crippen LogP contribution is -2.50. The van der Waals surface area contributed by atoms with Gasteiger partial charge in [-0.05, 0) is 45.0 Å². The van der Waals surface area contributed by atoms with E-state index < -0.39 is 5.67 Å². The van der Waals surface area contributed by atoms with Crippen molar-refractivity contribution in [1.82, 2.24) is 9.88 Å². The summed E-state index contributed by atoms with van der Waals surface area (Å²) < 4.78 is 14.9. The lowest BCUT2D eigenvalue weighted by atomic mass is 9.94. The largest absolute Gasteiger partial charge is 0.367 e. The third kappa shape index (κ3) is 3.69. The van der Waals surface area contributed by atoms with Gasteiger partial charge in [-0.15, -0.1) is 0 Å². The first-order valence-electron chi connectivity index (χ1n) is 7.44. The first-order chi connectivity index (χ1) is 9.39. The molecule has 2 rings (SSSR count). The average Bonchev–Trinajstić information content (AvgIpc) is 2.37. The molecule has 0 amide bonds. The van der Waals surface area contributed by atoms with E-state index in [0.717, 1.165) is 24.3 Å². The third-order valence-corrected chi connectivity index (χ3v) is 3.85. The summed E-state index contributed by atoms with van der Waals surface area (Å²) in [5, 5.41) is 0. The Labute approximate surface area is 121 Å². The second kappa shape index (κ2) is 6.08. The summed E-state index contributed by atoms with van der Waals surface area (Å²) in [7, 11) is 3.86. The fraction of sp³-hybridized carbons (Fsp3) is 0.688. The molecule has 0 unspecified atom stereocenters. The summed E-state index contributed by atoms with van der Waals surface area (Å²) >= 11 is 0. The van der Waals surface area contributed by atoms with Crippen molar-refractivity contribution in [2.45, 2.75) is 38.3 Å². The van der Waals surface area contributed by atoms with E-state index in [1.807, 2.05) is 25.2 Å². The molecule has 1 aromatic rings. The van der Waals surface area contributed by atoms with E-state index >= 15 is 0 Å². The zero-order valence-electron chi connectivity index (χ0n) is 13.1. The van der Waals surface area contributed by atoms with Crippen LogP contribution < -0.4 is 4.90 Å². The molecular weight excluding hydrogens is 253 g/mol. The fourth-order valence-electron chi connectivity index (χ4n) is 2.93. The minimum Gasteiger partial charge on any atom is -0.367 e. The predicted octanol–water partition coefficient (Wildman–Crippen LogP) is 3.08. The molecular formula is C16H26FN3. The topological polar surface area (TPSA) is 19.4 Å². The van der Waals surface area contributed by atoms with Crippen molar-refractivity contribution in [1.29, 1.82) is 0 Å². The van der Waals surface area contributed by atoms with Crippen molar-refractivity contribution in [2.75, 3.05) is 38.6 Å². The standard InChI is InChI=1S/C16H26FN3/c1-13(2)15-7-6-14(10-18-15)20-9-5-8-16(17,12-20)11-19(3)4/h6-7,10,13H,5,8-9,11-12H2,1-4H3/t16-/m0/s1. The number of halogens is 1. The molecule has 0 aliphatic carbocycles. The van der Waals surface area contributed by atoms with Crippen molar-refractivity contribution < 1.29 is 4.39 Å². The maximum atomic E-state index is 14.9. The van der Waals surface area contributed by atoms with Gasteiger partial charge >= 0.3 is 0 Å². The van der Waals surface area contributed by atoms with Gasteiger partial charge in [-0.1, -0.05) is 13.8 Å². The highest BCUT2D eigenvalue weighted by molar-refractivity contribution is 5.46. The Morgan fingerprint density at radius 3 is 2.70 bits per heavy atom. The SMILES string of the molecule is CC(C)c1ccc(N2CCC[C@](F)(CN(C)C)C2)cn1. The summed E-state index contributed by atoms with van der Waals surface area (Å²) in [6, 6.07) is 4.13. The highest BCUT2D eigenvalue weighted by Crippen LogP contribution is 2.29. The van der Waals surface area contributed by atoms with Crippen LogP contribution in [0.3, 0.4) is 0 Å². The lowest BCUT2D eigenvalue weighted by Gasteiger charge is -2.39. The van der Waals surface area contributed by atoms with Gasteiger partial charge in [0.2, 0.25) is 0 Å². The summed E-state index contributed by atoms with van der Waals surface area (Å²) in [6.07, 6.45) is 3.44. The molecule has 112 valence electrons. The summed E-state index contributed by atoms with van der Waals surface area (Å²) in [5.41, 5.74) is 1.01. The summed E-state index contributed by atoms with van der Waals surface area (Å²) in [6.45, 7) is 6.13. The number of rotatable bonds is 4. The third-order valence-electron chi connectivity index (χ3n) is 3.85. The molecule has 0 spiro atoms. The van der Waals surface area contributed by atoms with Crippen LogP contribution in [0.5, 0.6) is 0 Å². The molecule has 0 bridgehead atoms. The molecule has 1 aromatic heterocycles. The maximum Gasteiger partial charge on any atom is 0.141 e. The van der Waals surface area contributed by atoms with Gasteiger partial charge < -0.3 is 9.80 Å². The minimum absolute atomic E-state index is 0.430. The average molecular weight is 279 g/mol. The molecule has 1 fully saturated rings. The Balaban J connectivity index is 2.08. The maximum absolute atomic E-state index is 14.9. The predicted molar refractivity (Wildman–Crippen MR) is 82.2 cm³/mol. The monoisotopic (exact) mass is 279 g/mol. The number of piperidine rings is 1. The van der Waals surface area contributed by atoms with Gasteiger partial charge in [-0.3, -0.25) is 4.98 Å². The van der Waals surface area contributed by atoms with Crippen molar-refractivity contribution in [2.24, 2.45) is 0 Å². The molecule has 20 heavy (non-hydrogen) atoms. The lowest BCUT2D eigenvalue weighted by molar-refractivity contribution is 0.0977. The zero-order valence-corrected chi connectivity index (χ0v) is 13.1. The Bertz CT molecular complexity index is 430. The van der Waals surface area contributed by atoms with E-state index in [1.165, 1.54) is 0 Å². The fourth-order valence-corrected chi connectivity index (χ4v) is 2.93. The number of anilines is 1. The summed E-state index contributed by atoms with van der Waals surface area (Å²) in [5.74, 6) is 0.430. The number of alkyl halides is 1. The number of hydrogen-bond acceptors (Lipinski definition) is 3. The highest BCUT2D eigenvalue weighted by atomic mass is 19.1. The number of hydrogen-bond donors (Lipinski definition) is 0. The van der Waals surface area contributed by atoms with Gasteiger partial charge in [0.05, 0.1) is 18.4 Å². The Morgan fingerprint density at radius 2 is 2.15 bits per heavy atom. The van der Waals surface area contributed by atoms with Crippen LogP contribution in [-0.4, -0.2) is 49.3 Å². The Kier molecular flexibility index (Phi) is 4.63. The number of nitrogens with zero attached hydrogens (tertiary/aromatic N) is 3. The van der Waals surface area contributed by atoms with Crippen LogP contribution in [0.4, 0.5) is 10.1 Å². The second-order valence-electron chi connectivity index (χ2n) is 6.51. The van der Waals surface area contributed by atoms with Crippen molar-refractivity contribution in [3.05, 3.63) is 24.0 Å². The molecule has 2 heterocycles. The van der Waals surface area contributed by atoms with Gasteiger partial charge in [0.1, 0.15) is 5.67 Å². The van der Waals surface area contributed by atoms with Crippen molar-refractivity contribution in [3.8, 4) is 0 Å². The second-order valence-corrected chi connectivity index (χ2v) is 6.51. The van der Waals surface area contributed by atoms with Gasteiger partial charge in [-0.25, -0.2) is 4.39 Å². The smallest absolute Gasteiger partial charge is 0.141 e. The number of aromatic nitrogens is 1. The molecule has 1 aliphatic heterocycles. The molecule has 0 N–H and O–H groups in total. The van der Waals surface area contributed by atoms with E-state index in [2.05, 4.69) is 35.9 Å². The molecule has 3 nitrogen and oxygen atoms in total. The van der Waals surface area contributed by atoms with Crippen LogP contribution in [0.2, 0.25) is 0 Å². The highest BCUT2D eigenvalue weighted by Gasteiger charge is 2.36. The van der Waals surface area contributed by atoms with Gasteiger partial charge in [0.15, 0.2) is 0 Å². The molecule has 1 atom stereocenters. The van der Waals surface area contributed by atoms with Crippen LogP contribution in [0.25, 0.3) is 0 Å². The Hall–Kier alpha value is -1.16. The van der Waals surface area contributed by atoms with Crippen LogP contribution in [-0.2, 0) is 0 Å². The van der Waals surface area contributed by atoms with Crippen LogP contribution >= 0.6 is 0 Å². The van der Waals surface area contributed by atoms with Crippen molar-refractivity contribution >= 4 is 5.69 Å². The first-order valence-corrected chi connectivity index (χ1v) is 7.44. The van der Waals surface area contributed by atoms with E-state index in [-0.39, 0.29) is 0 Å². The Morgan fingerprint density at radius 1 is 1.40 bits per heavy atom. The van der Waals surface area contributed by atoms with E-state index in [9.17, 15) is 4.39 Å². The molecule has 4 heteroatoms. The van der Waals surface area contributed by atoms with Gasteiger partial charge in [-0.2, -0.15) is 0 Å². The van der Waals surface area contributed by atoms with Gasteiger partial charge in [0.25, 0.3) is 0 Å². The van der Waals surface area contributed by atoms with Crippen molar-refractivity contribution in [3.63, 3.8) is 0 Å². The summed E-state index contributed by atoms with van der Waals surface area (Å²) in [4.78, 5) is 8.55. The van der Waals surface area contributed by atoms with E-state index in [1.54, 1.807) is 0 Å². The molecule has 0 aromatic carbocycles. The van der Waals surface area contributed by atoms with Gasteiger partial charge in [0, 0.05) is 18.8 Å². The van der Waals surface area contributed by atoms with E-state index in [0.29, 0.717) is 25.4 Å². The molecule has 1 saturated heterocycles. The number of pyridine rings is 1. The quantitative estimate of drug-likeness (QED) is 0.844. The van der Waals surface area contributed by atoms with Crippen LogP contribution in [0.1, 0.15) is 38.3 Å².